The highest BCUT2D eigenvalue weighted by atomic mass is 32.2. The second-order valence-corrected chi connectivity index (χ2v) is 7.45. The topological polar surface area (TPSA) is 30.7 Å². The van der Waals surface area contributed by atoms with Gasteiger partial charge in [0.15, 0.2) is 11.0 Å². The van der Waals surface area contributed by atoms with Crippen LogP contribution in [0.3, 0.4) is 0 Å². The molecule has 4 aromatic rings. The summed E-state index contributed by atoms with van der Waals surface area (Å²) >= 11 is 1.25. The Labute approximate surface area is 170 Å². The van der Waals surface area contributed by atoms with Gasteiger partial charge in [-0.1, -0.05) is 29.5 Å². The number of aromatic nitrogens is 3. The van der Waals surface area contributed by atoms with Crippen molar-refractivity contribution in [3.8, 4) is 17.1 Å². The van der Waals surface area contributed by atoms with Crippen LogP contribution in [0.4, 0.5) is 13.2 Å². The van der Waals surface area contributed by atoms with Crippen molar-refractivity contribution in [2.75, 3.05) is 0 Å². The van der Waals surface area contributed by atoms with E-state index in [1.165, 1.54) is 30.0 Å². The Bertz CT molecular complexity index is 1140. The van der Waals surface area contributed by atoms with Crippen molar-refractivity contribution in [3.05, 3.63) is 95.3 Å². The van der Waals surface area contributed by atoms with Gasteiger partial charge in [-0.2, -0.15) is 0 Å². The molecule has 7 heteroatoms. The van der Waals surface area contributed by atoms with Crippen LogP contribution < -0.4 is 0 Å². The van der Waals surface area contributed by atoms with Crippen molar-refractivity contribution in [2.24, 2.45) is 0 Å². The average Bonchev–Trinajstić information content (AvgIpc) is 3.14. The van der Waals surface area contributed by atoms with Gasteiger partial charge in [0.1, 0.15) is 17.5 Å². The maximum Gasteiger partial charge on any atom is 0.196 e. The smallest absolute Gasteiger partial charge is 0.196 e. The van der Waals surface area contributed by atoms with E-state index in [0.29, 0.717) is 16.5 Å². The van der Waals surface area contributed by atoms with Crippen LogP contribution in [0.2, 0.25) is 0 Å². The molecular formula is C22H16F3N3S. The Morgan fingerprint density at radius 2 is 1.52 bits per heavy atom. The summed E-state index contributed by atoms with van der Waals surface area (Å²) < 4.78 is 42.6. The predicted octanol–water partition coefficient (Wildman–Crippen LogP) is 5.95. The van der Waals surface area contributed by atoms with E-state index in [2.05, 4.69) is 10.2 Å². The van der Waals surface area contributed by atoms with Gasteiger partial charge in [-0.05, 0) is 61.5 Å². The third-order valence-corrected chi connectivity index (χ3v) is 5.37. The number of aryl methyl sites for hydroxylation is 1. The van der Waals surface area contributed by atoms with E-state index >= 15 is 0 Å². The van der Waals surface area contributed by atoms with Crippen LogP contribution in [0, 0.1) is 24.4 Å². The van der Waals surface area contributed by atoms with Crippen molar-refractivity contribution < 1.29 is 13.2 Å². The van der Waals surface area contributed by atoms with Crippen molar-refractivity contribution in [2.45, 2.75) is 17.8 Å². The molecule has 1 heterocycles. The molecule has 0 radical (unpaired) electrons. The van der Waals surface area contributed by atoms with Crippen molar-refractivity contribution in [1.29, 1.82) is 0 Å². The standard InChI is InChI=1S/C22H16F3N3S/c1-14-2-9-19(10-3-14)28-21(15-4-6-17(23)7-5-15)26-27-22(28)29-13-16-12-18(24)8-11-20(16)25/h2-12H,13H2,1H3. The molecule has 0 saturated carbocycles. The lowest BCUT2D eigenvalue weighted by Gasteiger charge is -2.11. The van der Waals surface area contributed by atoms with Gasteiger partial charge >= 0.3 is 0 Å². The van der Waals surface area contributed by atoms with Gasteiger partial charge in [-0.25, -0.2) is 13.2 Å². The minimum absolute atomic E-state index is 0.191. The van der Waals surface area contributed by atoms with E-state index in [1.54, 1.807) is 12.1 Å². The van der Waals surface area contributed by atoms with E-state index < -0.39 is 11.6 Å². The Balaban J connectivity index is 1.74. The highest BCUT2D eigenvalue weighted by Gasteiger charge is 2.17. The summed E-state index contributed by atoms with van der Waals surface area (Å²) in [5, 5.41) is 9.04. The fraction of sp³-hybridized carbons (Fsp3) is 0.0909. The van der Waals surface area contributed by atoms with E-state index in [-0.39, 0.29) is 17.1 Å². The van der Waals surface area contributed by atoms with Crippen LogP contribution in [-0.2, 0) is 5.75 Å². The zero-order valence-corrected chi connectivity index (χ0v) is 16.3. The predicted molar refractivity (Wildman–Crippen MR) is 107 cm³/mol. The molecule has 29 heavy (non-hydrogen) atoms. The van der Waals surface area contributed by atoms with Crippen LogP contribution in [-0.4, -0.2) is 14.8 Å². The van der Waals surface area contributed by atoms with Crippen LogP contribution >= 0.6 is 11.8 Å². The van der Waals surface area contributed by atoms with Gasteiger partial charge in [0.05, 0.1) is 0 Å². The Hall–Kier alpha value is -3.06. The number of hydrogen-bond donors (Lipinski definition) is 0. The molecule has 0 aliphatic rings. The summed E-state index contributed by atoms with van der Waals surface area (Å²) in [5.74, 6) is -0.577. The van der Waals surface area contributed by atoms with E-state index in [9.17, 15) is 13.2 Å². The summed E-state index contributed by atoms with van der Waals surface area (Å²) in [4.78, 5) is 0. The SMILES string of the molecule is Cc1ccc(-n2c(SCc3cc(F)ccc3F)nnc2-c2ccc(F)cc2)cc1. The van der Waals surface area contributed by atoms with Crippen LogP contribution in [0.1, 0.15) is 11.1 Å². The van der Waals surface area contributed by atoms with E-state index in [0.717, 1.165) is 23.4 Å². The molecular weight excluding hydrogens is 395 g/mol. The molecule has 0 amide bonds. The summed E-state index contributed by atoms with van der Waals surface area (Å²) in [7, 11) is 0. The second-order valence-electron chi connectivity index (χ2n) is 6.51. The first-order valence-electron chi connectivity index (χ1n) is 8.86. The maximum absolute atomic E-state index is 14.0. The quantitative estimate of drug-likeness (QED) is 0.380. The molecule has 3 aromatic carbocycles. The maximum atomic E-state index is 14.0. The average molecular weight is 411 g/mol. The normalized spacial score (nSPS) is 11.0. The second kappa shape index (κ2) is 8.13. The molecule has 0 fully saturated rings. The first-order chi connectivity index (χ1) is 14.0. The van der Waals surface area contributed by atoms with Crippen molar-refractivity contribution >= 4 is 11.8 Å². The Morgan fingerprint density at radius 3 is 2.24 bits per heavy atom. The first-order valence-corrected chi connectivity index (χ1v) is 9.85. The number of hydrogen-bond acceptors (Lipinski definition) is 3. The molecule has 146 valence electrons. The fourth-order valence-corrected chi connectivity index (χ4v) is 3.80. The van der Waals surface area contributed by atoms with E-state index in [4.69, 9.17) is 0 Å². The number of halogens is 3. The molecule has 0 N–H and O–H groups in total. The zero-order valence-electron chi connectivity index (χ0n) is 15.4. The third kappa shape index (κ3) is 4.19. The number of benzene rings is 3. The summed E-state index contributed by atoms with van der Waals surface area (Å²) in [6, 6.07) is 17.1. The van der Waals surface area contributed by atoms with Gasteiger partial charge in [-0.15, -0.1) is 10.2 Å². The van der Waals surface area contributed by atoms with Crippen LogP contribution in [0.15, 0.2) is 71.9 Å². The molecule has 1 aromatic heterocycles. The summed E-state index contributed by atoms with van der Waals surface area (Å²) in [5.41, 5.74) is 2.86. The van der Waals surface area contributed by atoms with Gasteiger partial charge in [0.2, 0.25) is 0 Å². The Kier molecular flexibility index (Phi) is 5.40. The fourth-order valence-electron chi connectivity index (χ4n) is 2.87. The lowest BCUT2D eigenvalue weighted by Crippen LogP contribution is -2.00. The largest absolute Gasteiger partial charge is 0.270 e. The lowest BCUT2D eigenvalue weighted by atomic mass is 10.2. The molecule has 0 saturated heterocycles. The third-order valence-electron chi connectivity index (χ3n) is 4.39. The molecule has 0 aliphatic heterocycles. The van der Waals surface area contributed by atoms with E-state index in [1.807, 2.05) is 35.8 Å². The monoisotopic (exact) mass is 411 g/mol. The first kappa shape index (κ1) is 19.3. The molecule has 0 atom stereocenters. The summed E-state index contributed by atoms with van der Waals surface area (Å²) in [6.07, 6.45) is 0. The Morgan fingerprint density at radius 1 is 0.828 bits per heavy atom. The molecule has 4 rings (SSSR count). The van der Waals surface area contributed by atoms with Gasteiger partial charge in [-0.3, -0.25) is 4.57 Å². The van der Waals surface area contributed by atoms with Gasteiger partial charge in [0, 0.05) is 22.6 Å². The number of nitrogens with zero attached hydrogens (tertiary/aromatic N) is 3. The molecule has 0 bridgehead atoms. The molecule has 0 spiro atoms. The molecule has 3 nitrogen and oxygen atoms in total. The van der Waals surface area contributed by atoms with Gasteiger partial charge < -0.3 is 0 Å². The van der Waals surface area contributed by atoms with Crippen LogP contribution in [0.5, 0.6) is 0 Å². The highest BCUT2D eigenvalue weighted by Crippen LogP contribution is 2.30. The lowest BCUT2D eigenvalue weighted by molar-refractivity contribution is 0.591. The number of thioether (sulfide) groups is 1. The molecule has 0 aliphatic carbocycles. The van der Waals surface area contributed by atoms with Crippen molar-refractivity contribution in [1.82, 2.24) is 14.8 Å². The highest BCUT2D eigenvalue weighted by molar-refractivity contribution is 7.98. The minimum atomic E-state index is -0.492. The van der Waals surface area contributed by atoms with Crippen LogP contribution in [0.25, 0.3) is 17.1 Å². The minimum Gasteiger partial charge on any atom is -0.270 e. The van der Waals surface area contributed by atoms with Crippen molar-refractivity contribution in [3.63, 3.8) is 0 Å². The number of rotatable bonds is 5. The zero-order chi connectivity index (χ0) is 20.4. The molecule has 0 unspecified atom stereocenters. The summed E-state index contributed by atoms with van der Waals surface area (Å²) in [6.45, 7) is 1.99. The van der Waals surface area contributed by atoms with Gasteiger partial charge in [0.25, 0.3) is 0 Å².